The Labute approximate surface area is 209 Å². The van der Waals surface area contributed by atoms with Crippen molar-refractivity contribution < 1.29 is 14.3 Å². The van der Waals surface area contributed by atoms with E-state index >= 15 is 0 Å². The number of urea groups is 1. The van der Waals surface area contributed by atoms with Crippen molar-refractivity contribution in [1.29, 1.82) is 0 Å². The van der Waals surface area contributed by atoms with Crippen LogP contribution < -0.4 is 20.7 Å². The number of hydrogen-bond acceptors (Lipinski definition) is 6. The summed E-state index contributed by atoms with van der Waals surface area (Å²) < 4.78 is 6.80. The highest BCUT2D eigenvalue weighted by Crippen LogP contribution is 2.31. The normalized spacial score (nSPS) is 10.7. The average molecular weight is 513 g/mol. The van der Waals surface area contributed by atoms with Gasteiger partial charge in [0, 0.05) is 22.1 Å². The lowest BCUT2D eigenvalue weighted by atomic mass is 10.2. The quantitative estimate of drug-likeness (QED) is 0.241. The second-order valence-corrected chi connectivity index (χ2v) is 9.96. The number of hydrogen-bond donors (Lipinski definition) is 3. The Kier molecular flexibility index (Phi) is 7.56. The van der Waals surface area contributed by atoms with Crippen LogP contribution in [0, 0.1) is 6.92 Å². The van der Waals surface area contributed by atoms with Crippen molar-refractivity contribution >= 4 is 73.9 Å². The largest absolute Gasteiger partial charge is 0.497 e. The van der Waals surface area contributed by atoms with Crippen molar-refractivity contribution in [3.05, 3.63) is 71.2 Å². The summed E-state index contributed by atoms with van der Waals surface area (Å²) in [6.45, 7) is 1.89. The van der Waals surface area contributed by atoms with Gasteiger partial charge in [-0.25, -0.2) is 9.78 Å². The second-order valence-electron chi connectivity index (χ2n) is 7.27. The van der Waals surface area contributed by atoms with Crippen LogP contribution in [0.1, 0.15) is 5.56 Å². The summed E-state index contributed by atoms with van der Waals surface area (Å²) in [4.78, 5) is 29.3. The molecule has 4 rings (SSSR count). The summed E-state index contributed by atoms with van der Waals surface area (Å²) >= 11 is 8.85. The first kappa shape index (κ1) is 23.9. The molecule has 0 fully saturated rings. The number of rotatable bonds is 7. The van der Waals surface area contributed by atoms with Crippen molar-refractivity contribution in [1.82, 2.24) is 4.98 Å². The van der Waals surface area contributed by atoms with Crippen molar-refractivity contribution in [3.8, 4) is 5.75 Å². The van der Waals surface area contributed by atoms with Crippen LogP contribution in [0.15, 0.2) is 65.0 Å². The average Bonchev–Trinajstić information content (AvgIpc) is 3.23. The first-order valence-corrected chi connectivity index (χ1v) is 12.4. The van der Waals surface area contributed by atoms with Crippen LogP contribution in [0.5, 0.6) is 5.75 Å². The number of halogens is 1. The van der Waals surface area contributed by atoms with E-state index in [1.54, 1.807) is 49.6 Å². The van der Waals surface area contributed by atoms with E-state index < -0.39 is 0 Å². The zero-order chi connectivity index (χ0) is 24.1. The van der Waals surface area contributed by atoms with E-state index in [0.29, 0.717) is 22.1 Å². The maximum Gasteiger partial charge on any atom is 0.323 e. The van der Waals surface area contributed by atoms with E-state index in [-0.39, 0.29) is 17.7 Å². The molecule has 7 nitrogen and oxygen atoms in total. The number of anilines is 3. The number of nitrogens with one attached hydrogen (secondary N) is 3. The SMILES string of the molecule is COc1ccc(NC(=O)CSc2nc3ccc(NC(=O)Nc4cc(Cl)ccc4C)cc3s2)cc1. The number of methoxy groups -OCH3 is 1. The third kappa shape index (κ3) is 6.19. The van der Waals surface area contributed by atoms with E-state index in [0.717, 1.165) is 25.9 Å². The number of aromatic nitrogens is 1. The number of carbonyl (C=O) groups excluding carboxylic acids is 2. The van der Waals surface area contributed by atoms with Crippen LogP contribution in [-0.4, -0.2) is 29.8 Å². The molecular weight excluding hydrogens is 492 g/mol. The topological polar surface area (TPSA) is 92.3 Å². The molecule has 0 atom stereocenters. The Balaban J connectivity index is 1.34. The van der Waals surface area contributed by atoms with Crippen LogP contribution >= 0.6 is 34.7 Å². The van der Waals surface area contributed by atoms with Gasteiger partial charge in [0.1, 0.15) is 5.75 Å². The molecule has 34 heavy (non-hydrogen) atoms. The van der Waals surface area contributed by atoms with Gasteiger partial charge in [-0.15, -0.1) is 11.3 Å². The molecule has 0 aliphatic heterocycles. The number of benzene rings is 3. The van der Waals surface area contributed by atoms with Crippen LogP contribution in [-0.2, 0) is 4.79 Å². The Hall–Kier alpha value is -3.27. The molecular formula is C24H21ClN4O3S2. The van der Waals surface area contributed by atoms with Gasteiger partial charge in [0.25, 0.3) is 0 Å². The lowest BCUT2D eigenvalue weighted by molar-refractivity contribution is -0.113. The van der Waals surface area contributed by atoms with Gasteiger partial charge in [-0.05, 0) is 67.1 Å². The Morgan fingerprint density at radius 3 is 2.53 bits per heavy atom. The molecule has 3 N–H and O–H groups in total. The Morgan fingerprint density at radius 1 is 1.00 bits per heavy atom. The number of thioether (sulfide) groups is 1. The Bertz CT molecular complexity index is 1340. The molecule has 0 radical (unpaired) electrons. The van der Waals surface area contributed by atoms with Crippen molar-refractivity contribution in [2.75, 3.05) is 28.8 Å². The van der Waals surface area contributed by atoms with Crippen molar-refractivity contribution in [3.63, 3.8) is 0 Å². The van der Waals surface area contributed by atoms with Gasteiger partial charge >= 0.3 is 6.03 Å². The lowest BCUT2D eigenvalue weighted by Gasteiger charge is -2.10. The molecule has 174 valence electrons. The van der Waals surface area contributed by atoms with Gasteiger partial charge in [0.05, 0.1) is 23.1 Å². The van der Waals surface area contributed by atoms with Crippen molar-refractivity contribution in [2.24, 2.45) is 0 Å². The zero-order valence-electron chi connectivity index (χ0n) is 18.3. The number of carbonyl (C=O) groups is 2. The van der Waals surface area contributed by atoms with Gasteiger partial charge in [0.2, 0.25) is 5.91 Å². The van der Waals surface area contributed by atoms with Gasteiger partial charge in [-0.3, -0.25) is 4.79 Å². The molecule has 1 aromatic heterocycles. The van der Waals surface area contributed by atoms with Gasteiger partial charge in [0.15, 0.2) is 4.34 Å². The highest BCUT2D eigenvalue weighted by Gasteiger charge is 2.11. The van der Waals surface area contributed by atoms with Crippen LogP contribution in [0.2, 0.25) is 5.02 Å². The fourth-order valence-corrected chi connectivity index (χ4v) is 5.14. The summed E-state index contributed by atoms with van der Waals surface area (Å²) in [5, 5.41) is 9.04. The molecule has 0 saturated carbocycles. The number of thiazole rings is 1. The smallest absolute Gasteiger partial charge is 0.323 e. The number of aryl methyl sites for hydroxylation is 1. The molecule has 0 unspecified atom stereocenters. The third-order valence-corrected chi connectivity index (χ3v) is 7.17. The van der Waals surface area contributed by atoms with E-state index in [1.807, 2.05) is 25.1 Å². The molecule has 3 aromatic carbocycles. The summed E-state index contributed by atoms with van der Waals surface area (Å²) in [7, 11) is 1.60. The first-order valence-electron chi connectivity index (χ1n) is 10.2. The molecule has 0 spiro atoms. The predicted molar refractivity (Wildman–Crippen MR) is 141 cm³/mol. The molecule has 0 saturated heterocycles. The van der Waals surface area contributed by atoms with Crippen LogP contribution in [0.25, 0.3) is 10.2 Å². The molecule has 1 heterocycles. The lowest BCUT2D eigenvalue weighted by Crippen LogP contribution is -2.19. The maximum absolute atomic E-state index is 12.4. The summed E-state index contributed by atoms with van der Waals surface area (Å²) in [6, 6.07) is 17.6. The first-order chi connectivity index (χ1) is 16.4. The fraction of sp³-hybridized carbons (Fsp3) is 0.125. The third-order valence-electron chi connectivity index (χ3n) is 4.78. The van der Waals surface area contributed by atoms with E-state index in [2.05, 4.69) is 20.9 Å². The van der Waals surface area contributed by atoms with Crippen molar-refractivity contribution in [2.45, 2.75) is 11.3 Å². The highest BCUT2D eigenvalue weighted by atomic mass is 35.5. The molecule has 0 aliphatic rings. The molecule has 4 aromatic rings. The maximum atomic E-state index is 12.4. The summed E-state index contributed by atoms with van der Waals surface area (Å²) in [5.74, 6) is 0.843. The predicted octanol–water partition coefficient (Wildman–Crippen LogP) is 6.64. The number of amides is 3. The van der Waals surface area contributed by atoms with Crippen LogP contribution in [0.4, 0.5) is 21.9 Å². The van der Waals surface area contributed by atoms with Crippen LogP contribution in [0.3, 0.4) is 0 Å². The molecule has 3 amide bonds. The number of fused-ring (bicyclic) bond motifs is 1. The molecule has 0 aliphatic carbocycles. The molecule has 0 bridgehead atoms. The number of ether oxygens (including phenoxy) is 1. The summed E-state index contributed by atoms with van der Waals surface area (Å²) in [6.07, 6.45) is 0. The fourth-order valence-electron chi connectivity index (χ4n) is 3.06. The Morgan fingerprint density at radius 2 is 1.76 bits per heavy atom. The zero-order valence-corrected chi connectivity index (χ0v) is 20.7. The van der Waals surface area contributed by atoms with E-state index in [4.69, 9.17) is 16.3 Å². The number of nitrogens with zero attached hydrogens (tertiary/aromatic N) is 1. The highest BCUT2D eigenvalue weighted by molar-refractivity contribution is 8.01. The standard InChI is InChI=1S/C24H21ClN4O3S2/c1-14-3-4-15(25)11-20(14)28-23(31)27-17-7-10-19-21(12-17)34-24(29-19)33-13-22(30)26-16-5-8-18(32-2)9-6-16/h3-12H,13H2,1-2H3,(H,26,30)(H2,27,28,31). The summed E-state index contributed by atoms with van der Waals surface area (Å²) in [5.41, 5.74) is 3.71. The van der Waals surface area contributed by atoms with Gasteiger partial charge in [-0.2, -0.15) is 0 Å². The minimum absolute atomic E-state index is 0.121. The van der Waals surface area contributed by atoms with Gasteiger partial charge in [-0.1, -0.05) is 29.4 Å². The van der Waals surface area contributed by atoms with E-state index in [1.165, 1.54) is 23.1 Å². The van der Waals surface area contributed by atoms with Gasteiger partial charge < -0.3 is 20.7 Å². The minimum Gasteiger partial charge on any atom is -0.497 e. The monoisotopic (exact) mass is 512 g/mol. The molecule has 10 heteroatoms. The van der Waals surface area contributed by atoms with E-state index in [9.17, 15) is 9.59 Å². The second kappa shape index (κ2) is 10.8. The minimum atomic E-state index is -0.362.